The second-order valence-corrected chi connectivity index (χ2v) is 8.41. The molecule has 0 saturated carbocycles. The Kier molecular flexibility index (Phi) is 7.29. The molecule has 2 aromatic carbocycles. The maximum absolute atomic E-state index is 13.0. The number of carbonyl (C=O) groups excluding carboxylic acids is 2. The Morgan fingerprint density at radius 1 is 1.20 bits per heavy atom. The van der Waals surface area contributed by atoms with Gasteiger partial charge in [-0.25, -0.2) is 0 Å². The van der Waals surface area contributed by atoms with Gasteiger partial charge in [0.15, 0.2) is 21.6 Å². The van der Waals surface area contributed by atoms with Crippen LogP contribution in [-0.2, 0) is 4.79 Å². The standard InChI is InChI=1S/C23H23NO4S2/c1-4-5-11-28-19-10-9-16(12-20(19)27-3)13-21-22(26)24(23(29)30-21)18-8-6-7-17(14-18)15(2)25/h6-10,12-14H,4-5,11H2,1-3H3/b21-13-. The number of thiocarbonyl (C=S) groups is 1. The molecule has 1 saturated heterocycles. The summed E-state index contributed by atoms with van der Waals surface area (Å²) >= 11 is 6.66. The zero-order valence-electron chi connectivity index (χ0n) is 17.1. The molecule has 0 aliphatic carbocycles. The van der Waals surface area contributed by atoms with Crippen molar-refractivity contribution in [3.8, 4) is 11.5 Å². The highest BCUT2D eigenvalue weighted by Gasteiger charge is 2.33. The third-order valence-electron chi connectivity index (χ3n) is 4.55. The molecule has 5 nitrogen and oxygen atoms in total. The van der Waals surface area contributed by atoms with Crippen LogP contribution in [0.5, 0.6) is 11.5 Å². The van der Waals surface area contributed by atoms with Crippen molar-refractivity contribution in [2.24, 2.45) is 0 Å². The summed E-state index contributed by atoms with van der Waals surface area (Å²) in [5, 5.41) is 0. The Bertz CT molecular complexity index is 1020. The lowest BCUT2D eigenvalue weighted by molar-refractivity contribution is -0.113. The summed E-state index contributed by atoms with van der Waals surface area (Å²) in [4.78, 5) is 26.6. The first-order chi connectivity index (χ1) is 14.4. The van der Waals surface area contributed by atoms with E-state index in [4.69, 9.17) is 21.7 Å². The number of benzene rings is 2. The van der Waals surface area contributed by atoms with E-state index in [0.29, 0.717) is 38.6 Å². The van der Waals surface area contributed by atoms with Crippen LogP contribution < -0.4 is 14.4 Å². The normalized spacial score (nSPS) is 15.0. The molecule has 3 rings (SSSR count). The predicted octanol–water partition coefficient (Wildman–Crippen LogP) is 5.48. The van der Waals surface area contributed by atoms with E-state index in [1.807, 2.05) is 18.2 Å². The van der Waals surface area contributed by atoms with Crippen molar-refractivity contribution >= 4 is 51.8 Å². The van der Waals surface area contributed by atoms with Gasteiger partial charge in [-0.2, -0.15) is 0 Å². The van der Waals surface area contributed by atoms with Crippen LogP contribution in [0.25, 0.3) is 6.08 Å². The van der Waals surface area contributed by atoms with Gasteiger partial charge < -0.3 is 9.47 Å². The van der Waals surface area contributed by atoms with Crippen molar-refractivity contribution in [3.63, 3.8) is 0 Å². The van der Waals surface area contributed by atoms with Gasteiger partial charge >= 0.3 is 0 Å². The zero-order chi connectivity index (χ0) is 21.7. The van der Waals surface area contributed by atoms with Crippen molar-refractivity contribution < 1.29 is 19.1 Å². The van der Waals surface area contributed by atoms with Gasteiger partial charge in [-0.15, -0.1) is 0 Å². The molecule has 0 N–H and O–H groups in total. The molecule has 0 aromatic heterocycles. The first-order valence-electron chi connectivity index (χ1n) is 9.64. The largest absolute Gasteiger partial charge is 0.493 e. The Balaban J connectivity index is 1.85. The van der Waals surface area contributed by atoms with Gasteiger partial charge in [0.1, 0.15) is 0 Å². The molecule has 1 aliphatic heterocycles. The summed E-state index contributed by atoms with van der Waals surface area (Å²) in [6.07, 6.45) is 3.81. The lowest BCUT2D eigenvalue weighted by Gasteiger charge is -2.15. The Labute approximate surface area is 186 Å². The summed E-state index contributed by atoms with van der Waals surface area (Å²) in [7, 11) is 1.59. The van der Waals surface area contributed by atoms with Crippen LogP contribution in [0.4, 0.5) is 5.69 Å². The topological polar surface area (TPSA) is 55.8 Å². The monoisotopic (exact) mass is 441 g/mol. The van der Waals surface area contributed by atoms with Gasteiger partial charge in [0.05, 0.1) is 24.3 Å². The van der Waals surface area contributed by atoms with Crippen molar-refractivity contribution in [1.29, 1.82) is 0 Å². The fourth-order valence-electron chi connectivity index (χ4n) is 2.93. The minimum absolute atomic E-state index is 0.0637. The van der Waals surface area contributed by atoms with Gasteiger partial charge in [-0.3, -0.25) is 14.5 Å². The van der Waals surface area contributed by atoms with E-state index in [2.05, 4.69) is 6.92 Å². The smallest absolute Gasteiger partial charge is 0.270 e. The van der Waals surface area contributed by atoms with Gasteiger partial charge in [-0.1, -0.05) is 55.5 Å². The second kappa shape index (κ2) is 9.91. The van der Waals surface area contributed by atoms with E-state index in [1.165, 1.54) is 23.6 Å². The number of ketones is 1. The third-order valence-corrected chi connectivity index (χ3v) is 5.85. The zero-order valence-corrected chi connectivity index (χ0v) is 18.8. The second-order valence-electron chi connectivity index (χ2n) is 6.74. The minimum atomic E-state index is -0.215. The molecule has 0 bridgehead atoms. The van der Waals surface area contributed by atoms with E-state index in [9.17, 15) is 9.59 Å². The summed E-state index contributed by atoms with van der Waals surface area (Å²) in [5.74, 6) is 1.01. The molecule has 1 fully saturated rings. The van der Waals surface area contributed by atoms with Crippen molar-refractivity contribution in [2.45, 2.75) is 26.7 Å². The summed E-state index contributed by atoms with van der Waals surface area (Å²) in [5.41, 5.74) is 1.94. The first kappa shape index (κ1) is 22.1. The van der Waals surface area contributed by atoms with Gasteiger partial charge in [0, 0.05) is 5.56 Å². The highest BCUT2D eigenvalue weighted by Crippen LogP contribution is 2.37. The van der Waals surface area contributed by atoms with E-state index in [1.54, 1.807) is 37.5 Å². The van der Waals surface area contributed by atoms with Gasteiger partial charge in [0.25, 0.3) is 5.91 Å². The minimum Gasteiger partial charge on any atom is -0.493 e. The molecule has 1 amide bonds. The number of methoxy groups -OCH3 is 1. The maximum Gasteiger partial charge on any atom is 0.270 e. The average Bonchev–Trinajstić information content (AvgIpc) is 3.02. The van der Waals surface area contributed by atoms with E-state index < -0.39 is 0 Å². The molecule has 0 atom stereocenters. The van der Waals surface area contributed by atoms with E-state index >= 15 is 0 Å². The van der Waals surface area contributed by atoms with Crippen LogP contribution in [0.2, 0.25) is 0 Å². The van der Waals surface area contributed by atoms with Crippen LogP contribution in [0.3, 0.4) is 0 Å². The molecular weight excluding hydrogens is 418 g/mol. The van der Waals surface area contributed by atoms with Crippen LogP contribution in [0.1, 0.15) is 42.6 Å². The van der Waals surface area contributed by atoms with Crippen LogP contribution >= 0.6 is 24.0 Å². The van der Waals surface area contributed by atoms with Crippen molar-refractivity contribution in [3.05, 3.63) is 58.5 Å². The summed E-state index contributed by atoms with van der Waals surface area (Å²) in [6, 6.07) is 12.5. The molecule has 1 aliphatic rings. The molecule has 1 heterocycles. The number of thioether (sulfide) groups is 1. The number of anilines is 1. The van der Waals surface area contributed by atoms with Crippen LogP contribution in [0, 0.1) is 0 Å². The van der Waals surface area contributed by atoms with Gasteiger partial charge in [0.2, 0.25) is 0 Å². The molecule has 7 heteroatoms. The molecule has 2 aromatic rings. The molecular formula is C23H23NO4S2. The van der Waals surface area contributed by atoms with Crippen molar-refractivity contribution in [2.75, 3.05) is 18.6 Å². The number of amides is 1. The number of hydrogen-bond donors (Lipinski definition) is 0. The Hall–Kier alpha value is -2.64. The predicted molar refractivity (Wildman–Crippen MR) is 125 cm³/mol. The highest BCUT2D eigenvalue weighted by molar-refractivity contribution is 8.27. The van der Waals surface area contributed by atoms with E-state index in [-0.39, 0.29) is 11.7 Å². The SMILES string of the molecule is CCCCOc1ccc(/C=C2\SC(=S)N(c3cccc(C(C)=O)c3)C2=O)cc1OC. The number of ether oxygens (including phenoxy) is 2. The lowest BCUT2D eigenvalue weighted by Crippen LogP contribution is -2.27. The number of nitrogens with zero attached hydrogens (tertiary/aromatic N) is 1. The number of carbonyl (C=O) groups is 2. The lowest BCUT2D eigenvalue weighted by atomic mass is 10.1. The third kappa shape index (κ3) is 4.91. The Morgan fingerprint density at radius 3 is 2.70 bits per heavy atom. The van der Waals surface area contributed by atoms with Crippen LogP contribution in [0.15, 0.2) is 47.4 Å². The highest BCUT2D eigenvalue weighted by atomic mass is 32.2. The maximum atomic E-state index is 13.0. The number of unbranched alkanes of at least 4 members (excludes halogenated alkanes) is 1. The fourth-order valence-corrected chi connectivity index (χ4v) is 4.22. The summed E-state index contributed by atoms with van der Waals surface area (Å²) < 4.78 is 11.6. The number of rotatable bonds is 8. The molecule has 0 radical (unpaired) electrons. The number of Topliss-reactive ketones (excluding diaryl/α,β-unsaturated/α-hetero) is 1. The Morgan fingerprint density at radius 2 is 2.00 bits per heavy atom. The van der Waals surface area contributed by atoms with Crippen LogP contribution in [-0.4, -0.2) is 29.7 Å². The molecule has 0 spiro atoms. The number of hydrogen-bond acceptors (Lipinski definition) is 6. The van der Waals surface area contributed by atoms with E-state index in [0.717, 1.165) is 18.4 Å². The molecule has 156 valence electrons. The molecule has 0 unspecified atom stereocenters. The fraction of sp³-hybridized carbons (Fsp3) is 0.261. The quantitative estimate of drug-likeness (QED) is 0.234. The van der Waals surface area contributed by atoms with Gasteiger partial charge in [-0.05, 0) is 49.2 Å². The molecule has 30 heavy (non-hydrogen) atoms. The van der Waals surface area contributed by atoms with Crippen molar-refractivity contribution in [1.82, 2.24) is 0 Å². The average molecular weight is 442 g/mol. The summed E-state index contributed by atoms with van der Waals surface area (Å²) in [6.45, 7) is 4.23. The first-order valence-corrected chi connectivity index (χ1v) is 10.9.